The van der Waals surface area contributed by atoms with Crippen LogP contribution in [-0.4, -0.2) is 9.55 Å². The number of rotatable bonds is 5. The Bertz CT molecular complexity index is 925. The largest absolute Gasteiger partial charge is 0.286 e. The van der Waals surface area contributed by atoms with Crippen LogP contribution in [0.4, 0.5) is 0 Å². The molecule has 0 aliphatic rings. The predicted molar refractivity (Wildman–Crippen MR) is 104 cm³/mol. The Kier molecular flexibility index (Phi) is 5.11. The third-order valence-corrected chi connectivity index (χ3v) is 5.86. The summed E-state index contributed by atoms with van der Waals surface area (Å²) in [5.74, 6) is 1.23. The van der Waals surface area contributed by atoms with Crippen LogP contribution < -0.4 is 5.56 Å². The highest BCUT2D eigenvalue weighted by Crippen LogP contribution is 2.26. The van der Waals surface area contributed by atoms with E-state index < -0.39 is 0 Å². The van der Waals surface area contributed by atoms with Crippen molar-refractivity contribution in [1.82, 2.24) is 9.55 Å². The first-order valence-electron chi connectivity index (χ1n) is 8.12. The van der Waals surface area contributed by atoms with Crippen molar-refractivity contribution in [3.63, 3.8) is 0 Å². The van der Waals surface area contributed by atoms with Crippen LogP contribution in [-0.2, 0) is 12.3 Å². The molecule has 3 nitrogen and oxygen atoms in total. The molecule has 3 aromatic rings. The first-order chi connectivity index (χ1) is 11.5. The van der Waals surface area contributed by atoms with Gasteiger partial charge >= 0.3 is 0 Å². The topological polar surface area (TPSA) is 34.9 Å². The molecule has 0 bridgehead atoms. The lowest BCUT2D eigenvalue weighted by Gasteiger charge is -2.14. The van der Waals surface area contributed by atoms with Gasteiger partial charge in [-0.25, -0.2) is 4.98 Å². The highest BCUT2D eigenvalue weighted by Gasteiger charge is 2.14. The molecule has 0 saturated heterocycles. The first kappa shape index (κ1) is 17.2. The zero-order chi connectivity index (χ0) is 17.3. The molecule has 0 atom stereocenters. The van der Waals surface area contributed by atoms with Crippen LogP contribution in [0.3, 0.4) is 0 Å². The van der Waals surface area contributed by atoms with E-state index >= 15 is 0 Å². The summed E-state index contributed by atoms with van der Waals surface area (Å²) in [5.41, 5.74) is 4.75. The fourth-order valence-electron chi connectivity index (χ4n) is 2.66. The summed E-state index contributed by atoms with van der Waals surface area (Å²) in [6.07, 6.45) is 0. The molecule has 0 aliphatic carbocycles. The number of thiophene rings is 1. The molecule has 0 saturated carbocycles. The molecular formula is C19H22N2OS2. The molecule has 3 rings (SSSR count). The minimum atomic E-state index is 0.0900. The van der Waals surface area contributed by atoms with E-state index in [0.717, 1.165) is 21.1 Å². The van der Waals surface area contributed by atoms with Gasteiger partial charge in [-0.2, -0.15) is 0 Å². The van der Waals surface area contributed by atoms with E-state index in [1.54, 1.807) is 11.8 Å². The van der Waals surface area contributed by atoms with Crippen molar-refractivity contribution in [1.29, 1.82) is 0 Å². The van der Waals surface area contributed by atoms with Gasteiger partial charge in [0, 0.05) is 12.3 Å². The number of benzene rings is 1. The van der Waals surface area contributed by atoms with Gasteiger partial charge in [-0.1, -0.05) is 49.4 Å². The van der Waals surface area contributed by atoms with Gasteiger partial charge in [0.25, 0.3) is 5.56 Å². The minimum absolute atomic E-state index is 0.0900. The standard InChI is InChI=1S/C19H22N2OS2/c1-12(2)10-21-18(22)17-16(7-8-23-17)20-19(21)24-11-15-9-13(3)5-6-14(15)4/h5-9,12H,10-11H2,1-4H3. The summed E-state index contributed by atoms with van der Waals surface area (Å²) in [4.78, 5) is 17.6. The molecule has 0 amide bonds. The Morgan fingerprint density at radius 2 is 2.04 bits per heavy atom. The van der Waals surface area contributed by atoms with Crippen molar-refractivity contribution < 1.29 is 0 Å². The molecule has 0 spiro atoms. The molecule has 24 heavy (non-hydrogen) atoms. The van der Waals surface area contributed by atoms with Crippen LogP contribution in [0.1, 0.15) is 30.5 Å². The number of nitrogens with zero attached hydrogens (tertiary/aromatic N) is 2. The fraction of sp³-hybridized carbons (Fsp3) is 0.368. The number of thioether (sulfide) groups is 1. The minimum Gasteiger partial charge on any atom is -0.286 e. The molecule has 0 unspecified atom stereocenters. The van der Waals surface area contributed by atoms with E-state index in [2.05, 4.69) is 45.9 Å². The summed E-state index contributed by atoms with van der Waals surface area (Å²) in [6, 6.07) is 8.44. The molecule has 126 valence electrons. The second-order valence-electron chi connectivity index (χ2n) is 6.56. The van der Waals surface area contributed by atoms with Crippen LogP contribution in [0.25, 0.3) is 10.2 Å². The van der Waals surface area contributed by atoms with Crippen LogP contribution in [0.15, 0.2) is 39.6 Å². The molecule has 0 N–H and O–H groups in total. The number of hydrogen-bond acceptors (Lipinski definition) is 4. The van der Waals surface area contributed by atoms with Crippen molar-refractivity contribution >= 4 is 33.3 Å². The smallest absolute Gasteiger partial charge is 0.272 e. The van der Waals surface area contributed by atoms with E-state index in [4.69, 9.17) is 4.98 Å². The van der Waals surface area contributed by atoms with Crippen molar-refractivity contribution in [3.05, 3.63) is 56.7 Å². The molecule has 0 fully saturated rings. The third-order valence-electron chi connectivity index (χ3n) is 3.94. The van der Waals surface area contributed by atoms with Gasteiger partial charge in [-0.05, 0) is 42.3 Å². The first-order valence-corrected chi connectivity index (χ1v) is 9.99. The Hall–Kier alpha value is -1.59. The highest BCUT2D eigenvalue weighted by atomic mass is 32.2. The van der Waals surface area contributed by atoms with Gasteiger partial charge in [0.1, 0.15) is 4.70 Å². The molecule has 0 aliphatic heterocycles. The van der Waals surface area contributed by atoms with Crippen molar-refractivity contribution in [2.75, 3.05) is 0 Å². The van der Waals surface area contributed by atoms with E-state index in [1.807, 2.05) is 16.0 Å². The second-order valence-corrected chi connectivity index (χ2v) is 8.42. The Morgan fingerprint density at radius 1 is 1.25 bits per heavy atom. The van der Waals surface area contributed by atoms with Gasteiger partial charge in [-0.3, -0.25) is 9.36 Å². The lowest BCUT2D eigenvalue weighted by molar-refractivity contribution is 0.475. The number of hydrogen-bond donors (Lipinski definition) is 0. The summed E-state index contributed by atoms with van der Waals surface area (Å²) in [5, 5.41) is 2.76. The molecule has 2 aromatic heterocycles. The number of aryl methyl sites for hydroxylation is 2. The van der Waals surface area contributed by atoms with Crippen LogP contribution in [0.2, 0.25) is 0 Å². The van der Waals surface area contributed by atoms with Crippen molar-refractivity contribution in [2.24, 2.45) is 5.92 Å². The van der Waals surface area contributed by atoms with E-state index in [0.29, 0.717) is 12.5 Å². The van der Waals surface area contributed by atoms with Gasteiger partial charge in [0.2, 0.25) is 0 Å². The summed E-state index contributed by atoms with van der Waals surface area (Å²) < 4.78 is 2.60. The average molecular weight is 359 g/mol. The van der Waals surface area contributed by atoms with Crippen molar-refractivity contribution in [3.8, 4) is 0 Å². The zero-order valence-corrected chi connectivity index (χ0v) is 16.1. The monoisotopic (exact) mass is 358 g/mol. The second kappa shape index (κ2) is 7.11. The Labute approximate surface area is 150 Å². The number of fused-ring (bicyclic) bond motifs is 1. The average Bonchev–Trinajstić information content (AvgIpc) is 2.99. The van der Waals surface area contributed by atoms with Crippen LogP contribution in [0.5, 0.6) is 0 Å². The summed E-state index contributed by atoms with van der Waals surface area (Å²) >= 11 is 3.13. The van der Waals surface area contributed by atoms with E-state index in [-0.39, 0.29) is 5.56 Å². The van der Waals surface area contributed by atoms with E-state index in [1.165, 1.54) is 28.0 Å². The summed E-state index contributed by atoms with van der Waals surface area (Å²) in [6.45, 7) is 9.20. The van der Waals surface area contributed by atoms with Gasteiger partial charge < -0.3 is 0 Å². The van der Waals surface area contributed by atoms with Gasteiger partial charge in [0.05, 0.1) is 5.52 Å². The van der Waals surface area contributed by atoms with Gasteiger partial charge in [-0.15, -0.1) is 11.3 Å². The Balaban J connectivity index is 1.98. The highest BCUT2D eigenvalue weighted by molar-refractivity contribution is 7.98. The molecule has 2 heterocycles. The fourth-order valence-corrected chi connectivity index (χ4v) is 4.51. The summed E-state index contributed by atoms with van der Waals surface area (Å²) in [7, 11) is 0. The van der Waals surface area contributed by atoms with Gasteiger partial charge in [0.15, 0.2) is 5.16 Å². The maximum Gasteiger partial charge on any atom is 0.272 e. The SMILES string of the molecule is Cc1ccc(C)c(CSc2nc3ccsc3c(=O)n2CC(C)C)c1. The maximum atomic E-state index is 12.8. The van der Waals surface area contributed by atoms with Crippen LogP contribution in [0, 0.1) is 19.8 Å². The zero-order valence-electron chi connectivity index (χ0n) is 14.5. The van der Waals surface area contributed by atoms with E-state index in [9.17, 15) is 4.79 Å². The number of aromatic nitrogens is 2. The molecular weight excluding hydrogens is 336 g/mol. The van der Waals surface area contributed by atoms with Crippen molar-refractivity contribution in [2.45, 2.75) is 45.1 Å². The quantitative estimate of drug-likeness (QED) is 0.474. The molecule has 1 aromatic carbocycles. The third kappa shape index (κ3) is 3.57. The lowest BCUT2D eigenvalue weighted by Crippen LogP contribution is -2.24. The Morgan fingerprint density at radius 3 is 2.79 bits per heavy atom. The lowest BCUT2D eigenvalue weighted by atomic mass is 10.1. The molecule has 5 heteroatoms. The normalized spacial score (nSPS) is 11.5. The van der Waals surface area contributed by atoms with Crippen LogP contribution >= 0.6 is 23.1 Å². The maximum absolute atomic E-state index is 12.8. The predicted octanol–water partition coefficient (Wildman–Crippen LogP) is 5.02. The molecule has 0 radical (unpaired) electrons.